The molecule has 1 unspecified atom stereocenters. The van der Waals surface area contributed by atoms with Crippen LogP contribution in [0, 0.1) is 6.92 Å². The zero-order valence-electron chi connectivity index (χ0n) is 10.0. The van der Waals surface area contributed by atoms with E-state index in [1.807, 2.05) is 31.2 Å². The van der Waals surface area contributed by atoms with E-state index < -0.39 is 6.10 Å². The lowest BCUT2D eigenvalue weighted by atomic mass is 10.0. The first-order valence-electron chi connectivity index (χ1n) is 5.75. The molecule has 0 aliphatic rings. The standard InChI is InChI=1S/C15H14Cl2O/c1-10-2-4-11(5-3-10)15(18)9-12-8-13(16)6-7-14(12)17/h2-8,15,18H,9H2,1H3. The van der Waals surface area contributed by atoms with Gasteiger partial charge in [0.1, 0.15) is 0 Å². The largest absolute Gasteiger partial charge is 0.388 e. The van der Waals surface area contributed by atoms with Gasteiger partial charge in [-0.2, -0.15) is 0 Å². The summed E-state index contributed by atoms with van der Waals surface area (Å²) in [5.41, 5.74) is 2.92. The monoisotopic (exact) mass is 280 g/mol. The zero-order valence-corrected chi connectivity index (χ0v) is 11.5. The van der Waals surface area contributed by atoms with Crippen molar-refractivity contribution >= 4 is 23.2 Å². The van der Waals surface area contributed by atoms with E-state index in [1.54, 1.807) is 18.2 Å². The highest BCUT2D eigenvalue weighted by atomic mass is 35.5. The van der Waals surface area contributed by atoms with Crippen LogP contribution in [0.3, 0.4) is 0 Å². The molecule has 0 saturated heterocycles. The van der Waals surface area contributed by atoms with Crippen molar-refractivity contribution in [3.8, 4) is 0 Å². The molecule has 1 N–H and O–H groups in total. The van der Waals surface area contributed by atoms with E-state index in [-0.39, 0.29) is 0 Å². The topological polar surface area (TPSA) is 20.2 Å². The van der Waals surface area contributed by atoms with Gasteiger partial charge >= 0.3 is 0 Å². The lowest BCUT2D eigenvalue weighted by molar-refractivity contribution is 0.178. The van der Waals surface area contributed by atoms with Crippen LogP contribution in [0.4, 0.5) is 0 Å². The number of rotatable bonds is 3. The van der Waals surface area contributed by atoms with Gasteiger partial charge in [0.2, 0.25) is 0 Å². The van der Waals surface area contributed by atoms with Gasteiger partial charge in [-0.1, -0.05) is 53.0 Å². The highest BCUT2D eigenvalue weighted by Gasteiger charge is 2.11. The van der Waals surface area contributed by atoms with Crippen LogP contribution in [-0.4, -0.2) is 5.11 Å². The molecule has 0 bridgehead atoms. The van der Waals surface area contributed by atoms with Crippen LogP contribution in [-0.2, 0) is 6.42 Å². The molecule has 0 fully saturated rings. The van der Waals surface area contributed by atoms with Crippen molar-refractivity contribution in [2.75, 3.05) is 0 Å². The highest BCUT2D eigenvalue weighted by molar-refractivity contribution is 6.33. The maximum atomic E-state index is 10.2. The smallest absolute Gasteiger partial charge is 0.0830 e. The van der Waals surface area contributed by atoms with E-state index >= 15 is 0 Å². The lowest BCUT2D eigenvalue weighted by Gasteiger charge is -2.12. The van der Waals surface area contributed by atoms with Crippen LogP contribution in [0.5, 0.6) is 0 Å². The second kappa shape index (κ2) is 5.75. The Labute approximate surface area is 117 Å². The number of halogens is 2. The second-order valence-corrected chi connectivity index (χ2v) is 5.21. The van der Waals surface area contributed by atoms with Crippen LogP contribution < -0.4 is 0 Å². The van der Waals surface area contributed by atoms with Crippen molar-refractivity contribution in [2.45, 2.75) is 19.4 Å². The Hall–Kier alpha value is -1.02. The molecule has 0 heterocycles. The molecule has 2 rings (SSSR count). The Morgan fingerprint density at radius 2 is 1.72 bits per heavy atom. The van der Waals surface area contributed by atoms with Gasteiger partial charge < -0.3 is 5.11 Å². The minimum atomic E-state index is -0.568. The fraction of sp³-hybridized carbons (Fsp3) is 0.200. The average molecular weight is 281 g/mol. The summed E-state index contributed by atoms with van der Waals surface area (Å²) in [5.74, 6) is 0. The van der Waals surface area contributed by atoms with E-state index in [0.29, 0.717) is 16.5 Å². The molecule has 0 aliphatic heterocycles. The predicted octanol–water partition coefficient (Wildman–Crippen LogP) is 4.58. The molecule has 0 saturated carbocycles. The molecule has 0 amide bonds. The minimum Gasteiger partial charge on any atom is -0.388 e. The molecule has 2 aromatic rings. The van der Waals surface area contributed by atoms with Crippen molar-refractivity contribution in [3.63, 3.8) is 0 Å². The van der Waals surface area contributed by atoms with Crippen molar-refractivity contribution in [2.24, 2.45) is 0 Å². The molecule has 1 nitrogen and oxygen atoms in total. The Morgan fingerprint density at radius 3 is 2.39 bits per heavy atom. The number of aliphatic hydroxyl groups is 1. The number of aryl methyl sites for hydroxylation is 1. The number of aliphatic hydroxyl groups excluding tert-OH is 1. The van der Waals surface area contributed by atoms with Gasteiger partial charge in [-0.3, -0.25) is 0 Å². The Bertz CT molecular complexity index is 535. The van der Waals surface area contributed by atoms with Gasteiger partial charge in [0, 0.05) is 16.5 Å². The molecule has 94 valence electrons. The van der Waals surface area contributed by atoms with Crippen molar-refractivity contribution in [3.05, 3.63) is 69.2 Å². The second-order valence-electron chi connectivity index (χ2n) is 4.37. The third-order valence-corrected chi connectivity index (χ3v) is 3.49. The predicted molar refractivity (Wildman–Crippen MR) is 76.3 cm³/mol. The summed E-state index contributed by atoms with van der Waals surface area (Å²) in [6, 6.07) is 13.1. The number of benzene rings is 2. The molecular formula is C15H14Cl2O. The van der Waals surface area contributed by atoms with E-state index in [0.717, 1.165) is 11.1 Å². The van der Waals surface area contributed by atoms with E-state index in [4.69, 9.17) is 23.2 Å². The first kappa shape index (κ1) is 13.4. The van der Waals surface area contributed by atoms with Gasteiger partial charge in [0.25, 0.3) is 0 Å². The van der Waals surface area contributed by atoms with Crippen LogP contribution >= 0.6 is 23.2 Å². The van der Waals surface area contributed by atoms with E-state index in [2.05, 4.69) is 0 Å². The van der Waals surface area contributed by atoms with E-state index in [1.165, 1.54) is 5.56 Å². The zero-order chi connectivity index (χ0) is 13.1. The third-order valence-electron chi connectivity index (χ3n) is 2.88. The quantitative estimate of drug-likeness (QED) is 0.873. The summed E-state index contributed by atoms with van der Waals surface area (Å²) in [5, 5.41) is 11.4. The maximum Gasteiger partial charge on any atom is 0.0830 e. The molecule has 0 radical (unpaired) electrons. The van der Waals surface area contributed by atoms with Gasteiger partial charge in [0.05, 0.1) is 6.10 Å². The fourth-order valence-electron chi connectivity index (χ4n) is 1.81. The summed E-state index contributed by atoms with van der Waals surface area (Å²) >= 11 is 12.0. The van der Waals surface area contributed by atoms with Gasteiger partial charge in [-0.05, 0) is 36.2 Å². The first-order chi connectivity index (χ1) is 8.56. The maximum absolute atomic E-state index is 10.2. The molecule has 0 spiro atoms. The van der Waals surface area contributed by atoms with Crippen LogP contribution in [0.1, 0.15) is 22.8 Å². The molecule has 3 heteroatoms. The normalized spacial score (nSPS) is 12.4. The average Bonchev–Trinajstić information content (AvgIpc) is 2.34. The number of hydrogen-bond acceptors (Lipinski definition) is 1. The fourth-order valence-corrected chi connectivity index (χ4v) is 2.20. The van der Waals surface area contributed by atoms with E-state index in [9.17, 15) is 5.11 Å². The minimum absolute atomic E-state index is 0.461. The van der Waals surface area contributed by atoms with Crippen molar-refractivity contribution < 1.29 is 5.11 Å². The molecule has 2 aromatic carbocycles. The van der Waals surface area contributed by atoms with Crippen LogP contribution in [0.15, 0.2) is 42.5 Å². The van der Waals surface area contributed by atoms with Crippen LogP contribution in [0.25, 0.3) is 0 Å². The van der Waals surface area contributed by atoms with Gasteiger partial charge in [-0.25, -0.2) is 0 Å². The molecule has 0 aliphatic carbocycles. The summed E-state index contributed by atoms with van der Waals surface area (Å²) in [7, 11) is 0. The van der Waals surface area contributed by atoms with Crippen LogP contribution in [0.2, 0.25) is 10.0 Å². The first-order valence-corrected chi connectivity index (χ1v) is 6.50. The third kappa shape index (κ3) is 3.26. The Kier molecular flexibility index (Phi) is 4.28. The molecule has 1 atom stereocenters. The molecule has 18 heavy (non-hydrogen) atoms. The molecule has 0 aromatic heterocycles. The highest BCUT2D eigenvalue weighted by Crippen LogP contribution is 2.26. The lowest BCUT2D eigenvalue weighted by Crippen LogP contribution is -2.02. The Morgan fingerprint density at radius 1 is 1.06 bits per heavy atom. The SMILES string of the molecule is Cc1ccc(C(O)Cc2cc(Cl)ccc2Cl)cc1. The summed E-state index contributed by atoms with van der Waals surface area (Å²) in [6.07, 6.45) is -0.107. The molecular weight excluding hydrogens is 267 g/mol. The number of hydrogen-bond donors (Lipinski definition) is 1. The summed E-state index contributed by atoms with van der Waals surface area (Å²) < 4.78 is 0. The van der Waals surface area contributed by atoms with Crippen molar-refractivity contribution in [1.29, 1.82) is 0 Å². The van der Waals surface area contributed by atoms with Crippen molar-refractivity contribution in [1.82, 2.24) is 0 Å². The summed E-state index contributed by atoms with van der Waals surface area (Å²) in [4.78, 5) is 0. The van der Waals surface area contributed by atoms with Gasteiger partial charge in [-0.15, -0.1) is 0 Å². The summed E-state index contributed by atoms with van der Waals surface area (Å²) in [6.45, 7) is 2.02. The Balaban J connectivity index is 2.18. The van der Waals surface area contributed by atoms with Gasteiger partial charge in [0.15, 0.2) is 0 Å².